The number of hydrogen-bond donors (Lipinski definition) is 0. The SMILES string of the molecule is CCCCCCCCCOCCO[Si]. The highest BCUT2D eigenvalue weighted by atomic mass is 28.2. The summed E-state index contributed by atoms with van der Waals surface area (Å²) in [4.78, 5) is 0. The summed E-state index contributed by atoms with van der Waals surface area (Å²) in [6, 6.07) is 0. The average Bonchev–Trinajstić information content (AvgIpc) is 2.21. The highest BCUT2D eigenvalue weighted by Crippen LogP contribution is 2.06. The molecule has 0 aliphatic rings. The quantitative estimate of drug-likeness (QED) is 0.390. The standard InChI is InChI=1S/C11H23O2Si/c1-2-3-4-5-6-7-8-9-12-10-11-13-14/h2-11H2,1H3. The highest BCUT2D eigenvalue weighted by molar-refractivity contribution is 5.97. The van der Waals surface area contributed by atoms with Crippen LogP contribution in [0.25, 0.3) is 0 Å². The van der Waals surface area contributed by atoms with Crippen LogP contribution in [0.15, 0.2) is 0 Å². The molecule has 0 aromatic carbocycles. The van der Waals surface area contributed by atoms with E-state index in [4.69, 9.17) is 9.16 Å². The molecule has 0 bridgehead atoms. The molecule has 0 spiro atoms. The minimum atomic E-state index is 0.632. The van der Waals surface area contributed by atoms with Gasteiger partial charge in [0.05, 0.1) is 13.2 Å². The van der Waals surface area contributed by atoms with Crippen LogP contribution in [0.3, 0.4) is 0 Å². The molecule has 0 aliphatic carbocycles. The zero-order valence-corrected chi connectivity index (χ0v) is 10.4. The summed E-state index contributed by atoms with van der Waals surface area (Å²) in [7, 11) is 2.93. The van der Waals surface area contributed by atoms with Gasteiger partial charge in [-0.1, -0.05) is 45.4 Å². The maximum atomic E-state index is 5.35. The lowest BCUT2D eigenvalue weighted by Gasteiger charge is -2.03. The summed E-state index contributed by atoms with van der Waals surface area (Å²) in [5.74, 6) is 0. The monoisotopic (exact) mass is 215 g/mol. The Hall–Kier alpha value is 0.137. The Morgan fingerprint density at radius 3 is 2.07 bits per heavy atom. The predicted molar refractivity (Wildman–Crippen MR) is 60.5 cm³/mol. The van der Waals surface area contributed by atoms with Crippen molar-refractivity contribution in [1.29, 1.82) is 0 Å². The third-order valence-electron chi connectivity index (χ3n) is 2.22. The van der Waals surface area contributed by atoms with Crippen molar-refractivity contribution in [3.8, 4) is 0 Å². The van der Waals surface area contributed by atoms with Crippen LogP contribution >= 0.6 is 0 Å². The van der Waals surface area contributed by atoms with Gasteiger partial charge in [-0.25, -0.2) is 0 Å². The van der Waals surface area contributed by atoms with Gasteiger partial charge >= 0.3 is 0 Å². The van der Waals surface area contributed by atoms with Crippen LogP contribution in [0.1, 0.15) is 51.9 Å². The molecule has 0 heterocycles. The molecule has 0 unspecified atom stereocenters. The van der Waals surface area contributed by atoms with Crippen molar-refractivity contribution >= 4 is 10.5 Å². The number of hydrogen-bond acceptors (Lipinski definition) is 2. The van der Waals surface area contributed by atoms with Crippen LogP contribution in [0.5, 0.6) is 0 Å². The molecule has 0 aromatic heterocycles. The van der Waals surface area contributed by atoms with Gasteiger partial charge in [0.25, 0.3) is 0 Å². The van der Waals surface area contributed by atoms with E-state index in [0.717, 1.165) is 6.61 Å². The maximum absolute atomic E-state index is 5.35. The van der Waals surface area contributed by atoms with Crippen LogP contribution in [-0.4, -0.2) is 30.3 Å². The fourth-order valence-corrected chi connectivity index (χ4v) is 1.45. The summed E-state index contributed by atoms with van der Waals surface area (Å²) in [5.41, 5.74) is 0. The van der Waals surface area contributed by atoms with Gasteiger partial charge in [0.1, 0.15) is 0 Å². The molecule has 3 radical (unpaired) electrons. The summed E-state index contributed by atoms with van der Waals surface area (Å²) in [6.45, 7) is 4.45. The molecule has 0 rings (SSSR count). The van der Waals surface area contributed by atoms with Gasteiger partial charge in [0.15, 0.2) is 0 Å². The van der Waals surface area contributed by atoms with E-state index < -0.39 is 0 Å². The van der Waals surface area contributed by atoms with Crippen molar-refractivity contribution in [2.24, 2.45) is 0 Å². The molecule has 0 saturated heterocycles. The van der Waals surface area contributed by atoms with Gasteiger partial charge in [-0.2, -0.15) is 0 Å². The van der Waals surface area contributed by atoms with E-state index in [1.54, 1.807) is 0 Å². The number of unbranched alkanes of at least 4 members (excludes halogenated alkanes) is 6. The largest absolute Gasteiger partial charge is 0.416 e. The second kappa shape index (κ2) is 13.1. The molecular weight excluding hydrogens is 192 g/mol. The average molecular weight is 215 g/mol. The van der Waals surface area contributed by atoms with Crippen LogP contribution in [0.4, 0.5) is 0 Å². The number of ether oxygens (including phenoxy) is 1. The van der Waals surface area contributed by atoms with E-state index in [1.165, 1.54) is 44.9 Å². The van der Waals surface area contributed by atoms with Crippen molar-refractivity contribution in [2.45, 2.75) is 51.9 Å². The lowest BCUT2D eigenvalue weighted by molar-refractivity contribution is 0.100. The smallest absolute Gasteiger partial charge is 0.246 e. The van der Waals surface area contributed by atoms with Gasteiger partial charge in [0.2, 0.25) is 10.5 Å². The maximum Gasteiger partial charge on any atom is 0.246 e. The van der Waals surface area contributed by atoms with Crippen LogP contribution in [-0.2, 0) is 9.16 Å². The Morgan fingerprint density at radius 1 is 0.786 bits per heavy atom. The fourth-order valence-electron chi connectivity index (χ4n) is 1.36. The van der Waals surface area contributed by atoms with Crippen molar-refractivity contribution < 1.29 is 9.16 Å². The number of rotatable bonds is 11. The van der Waals surface area contributed by atoms with E-state index >= 15 is 0 Å². The lowest BCUT2D eigenvalue weighted by Crippen LogP contribution is -2.03. The van der Waals surface area contributed by atoms with Gasteiger partial charge < -0.3 is 9.16 Å². The molecule has 3 heteroatoms. The Bertz CT molecular complexity index is 87.3. The molecule has 83 valence electrons. The first-order chi connectivity index (χ1) is 6.91. The highest BCUT2D eigenvalue weighted by Gasteiger charge is 1.91. The topological polar surface area (TPSA) is 18.5 Å². The summed E-state index contributed by atoms with van der Waals surface area (Å²) in [6.07, 6.45) is 9.35. The molecule has 2 nitrogen and oxygen atoms in total. The van der Waals surface area contributed by atoms with Crippen molar-refractivity contribution in [3.63, 3.8) is 0 Å². The van der Waals surface area contributed by atoms with Gasteiger partial charge in [-0.3, -0.25) is 0 Å². The first-order valence-corrected chi connectivity index (χ1v) is 6.19. The Kier molecular flexibility index (Phi) is 13.3. The van der Waals surface area contributed by atoms with Crippen molar-refractivity contribution in [1.82, 2.24) is 0 Å². The van der Waals surface area contributed by atoms with Crippen molar-refractivity contribution in [2.75, 3.05) is 19.8 Å². The molecule has 0 N–H and O–H groups in total. The normalized spacial score (nSPS) is 10.7. The summed E-state index contributed by atoms with van der Waals surface area (Å²) < 4.78 is 10.0. The van der Waals surface area contributed by atoms with E-state index in [0.29, 0.717) is 13.2 Å². The predicted octanol–water partition coefficient (Wildman–Crippen LogP) is 2.85. The minimum absolute atomic E-state index is 0.632. The van der Waals surface area contributed by atoms with E-state index in [1.807, 2.05) is 0 Å². The van der Waals surface area contributed by atoms with Crippen LogP contribution in [0.2, 0.25) is 0 Å². The molecule has 0 atom stereocenters. The summed E-state index contributed by atoms with van der Waals surface area (Å²) in [5, 5.41) is 0. The Balaban J connectivity index is 2.78. The van der Waals surface area contributed by atoms with Crippen LogP contribution < -0.4 is 0 Å². The molecule has 0 aromatic rings. The Labute approximate surface area is 91.9 Å². The zero-order chi connectivity index (χ0) is 10.5. The Morgan fingerprint density at radius 2 is 1.43 bits per heavy atom. The third-order valence-corrected chi connectivity index (χ3v) is 2.43. The first kappa shape index (κ1) is 14.1. The van der Waals surface area contributed by atoms with E-state index in [2.05, 4.69) is 17.4 Å². The second-order valence-electron chi connectivity index (χ2n) is 3.58. The lowest BCUT2D eigenvalue weighted by atomic mass is 10.1. The van der Waals surface area contributed by atoms with E-state index in [-0.39, 0.29) is 0 Å². The van der Waals surface area contributed by atoms with Crippen LogP contribution in [0, 0.1) is 0 Å². The minimum Gasteiger partial charge on any atom is -0.416 e. The summed E-state index contributed by atoms with van der Waals surface area (Å²) >= 11 is 0. The third kappa shape index (κ3) is 12.1. The van der Waals surface area contributed by atoms with E-state index in [9.17, 15) is 0 Å². The molecule has 0 fully saturated rings. The molecule has 0 amide bonds. The van der Waals surface area contributed by atoms with Gasteiger partial charge in [-0.05, 0) is 6.42 Å². The van der Waals surface area contributed by atoms with Gasteiger partial charge in [0, 0.05) is 6.61 Å². The zero-order valence-electron chi connectivity index (χ0n) is 9.39. The first-order valence-electron chi connectivity index (χ1n) is 5.78. The van der Waals surface area contributed by atoms with Gasteiger partial charge in [-0.15, -0.1) is 0 Å². The molecule has 0 saturated carbocycles. The second-order valence-corrected chi connectivity index (χ2v) is 3.87. The molecule has 0 aliphatic heterocycles. The molecule has 14 heavy (non-hydrogen) atoms. The molecular formula is C11H23O2Si. The fraction of sp³-hybridized carbons (Fsp3) is 1.00. The van der Waals surface area contributed by atoms with Crippen molar-refractivity contribution in [3.05, 3.63) is 0 Å².